The van der Waals surface area contributed by atoms with Crippen molar-refractivity contribution in [1.29, 1.82) is 0 Å². The maximum absolute atomic E-state index is 14.4. The third kappa shape index (κ3) is 3.10. The van der Waals surface area contributed by atoms with E-state index in [1.165, 1.54) is 0 Å². The standard InChI is InChI=1S/C30H29NO5/c1-4-11-21-19(17-32)16-20-24(18-12-7-6-8-13-18)25(28(34)36-5-2)27(33)26(20)30(21)22-14-9-10-15-23(22)31(3)29(30)35/h4,6-17,20-21,24-26H,5H2,1-3H3/b11-4+/t20-,21-,24-,25+,26+,30-/m1/s1. The van der Waals surface area contributed by atoms with Gasteiger partial charge in [0, 0.05) is 30.5 Å². The molecular formula is C30H29NO5. The number of likely N-dealkylation sites (N-methyl/N-ethyl adjacent to an activating group) is 1. The summed E-state index contributed by atoms with van der Waals surface area (Å²) in [4.78, 5) is 56.1. The molecule has 6 atom stereocenters. The first kappa shape index (κ1) is 23.9. The number of esters is 1. The van der Waals surface area contributed by atoms with Crippen LogP contribution in [0.1, 0.15) is 30.9 Å². The van der Waals surface area contributed by atoms with Crippen LogP contribution in [0.15, 0.2) is 78.4 Å². The lowest BCUT2D eigenvalue weighted by molar-refractivity contribution is -0.152. The minimum Gasteiger partial charge on any atom is -0.465 e. The zero-order valence-electron chi connectivity index (χ0n) is 20.6. The van der Waals surface area contributed by atoms with Gasteiger partial charge in [-0.05, 0) is 42.5 Å². The summed E-state index contributed by atoms with van der Waals surface area (Å²) in [6, 6.07) is 16.8. The maximum atomic E-state index is 14.4. The number of fused-ring (bicyclic) bond motifs is 4. The second kappa shape index (κ2) is 9.01. The second-order valence-corrected chi connectivity index (χ2v) is 9.66. The Morgan fingerprint density at radius 1 is 1.08 bits per heavy atom. The zero-order valence-corrected chi connectivity index (χ0v) is 20.6. The molecule has 6 nitrogen and oxygen atoms in total. The molecule has 1 amide bonds. The highest BCUT2D eigenvalue weighted by atomic mass is 16.5. The van der Waals surface area contributed by atoms with Crippen LogP contribution in [0.25, 0.3) is 0 Å². The van der Waals surface area contributed by atoms with Gasteiger partial charge in [-0.15, -0.1) is 0 Å². The number of anilines is 1. The number of nitrogens with zero attached hydrogens (tertiary/aromatic N) is 1. The Balaban J connectivity index is 1.84. The molecule has 0 N–H and O–H groups in total. The largest absolute Gasteiger partial charge is 0.465 e. The monoisotopic (exact) mass is 483 g/mol. The van der Waals surface area contributed by atoms with Crippen molar-refractivity contribution in [3.8, 4) is 0 Å². The number of aldehydes is 1. The molecule has 1 saturated carbocycles. The number of benzene rings is 2. The van der Waals surface area contributed by atoms with Crippen LogP contribution in [0.3, 0.4) is 0 Å². The molecule has 1 fully saturated rings. The quantitative estimate of drug-likeness (QED) is 0.278. The molecule has 2 aromatic rings. The lowest BCUT2D eigenvalue weighted by Gasteiger charge is -2.45. The predicted molar refractivity (Wildman–Crippen MR) is 135 cm³/mol. The van der Waals surface area contributed by atoms with Gasteiger partial charge in [0.2, 0.25) is 5.91 Å². The van der Waals surface area contributed by atoms with Crippen LogP contribution in [0.2, 0.25) is 0 Å². The van der Waals surface area contributed by atoms with Crippen molar-refractivity contribution >= 4 is 29.6 Å². The topological polar surface area (TPSA) is 80.8 Å². The highest BCUT2D eigenvalue weighted by Crippen LogP contribution is 2.63. The summed E-state index contributed by atoms with van der Waals surface area (Å²) in [5, 5.41) is 0. The molecule has 184 valence electrons. The van der Waals surface area contributed by atoms with Gasteiger partial charge in [-0.3, -0.25) is 19.2 Å². The number of hydrogen-bond donors (Lipinski definition) is 0. The van der Waals surface area contributed by atoms with Crippen LogP contribution in [0, 0.1) is 23.7 Å². The lowest BCUT2D eigenvalue weighted by Crippen LogP contribution is -2.55. The van der Waals surface area contributed by atoms with Crippen molar-refractivity contribution in [3.05, 3.63) is 89.5 Å². The first-order chi connectivity index (χ1) is 17.4. The smallest absolute Gasteiger partial charge is 0.317 e. The van der Waals surface area contributed by atoms with E-state index in [2.05, 4.69) is 0 Å². The summed E-state index contributed by atoms with van der Waals surface area (Å²) in [5.41, 5.74) is 1.36. The number of allylic oxidation sites excluding steroid dienone is 4. The van der Waals surface area contributed by atoms with Crippen molar-refractivity contribution in [1.82, 2.24) is 0 Å². The number of ketones is 1. The van der Waals surface area contributed by atoms with E-state index in [9.17, 15) is 19.2 Å². The summed E-state index contributed by atoms with van der Waals surface area (Å²) >= 11 is 0. The first-order valence-corrected chi connectivity index (χ1v) is 12.4. The molecule has 1 spiro atoms. The number of carbonyl (C=O) groups excluding carboxylic acids is 4. The Hall–Kier alpha value is -3.80. The molecule has 0 aromatic heterocycles. The van der Waals surface area contributed by atoms with Gasteiger partial charge in [0.05, 0.1) is 12.0 Å². The molecule has 0 bridgehead atoms. The van der Waals surface area contributed by atoms with Crippen molar-refractivity contribution < 1.29 is 23.9 Å². The van der Waals surface area contributed by atoms with Gasteiger partial charge in [0.1, 0.15) is 12.2 Å². The summed E-state index contributed by atoms with van der Waals surface area (Å²) in [6.07, 6.45) is 6.28. The zero-order chi connectivity index (χ0) is 25.6. The first-order valence-electron chi connectivity index (χ1n) is 12.4. The average molecular weight is 484 g/mol. The van der Waals surface area contributed by atoms with Crippen molar-refractivity contribution in [2.45, 2.75) is 25.2 Å². The van der Waals surface area contributed by atoms with Crippen LogP contribution < -0.4 is 4.90 Å². The van der Waals surface area contributed by atoms with Gasteiger partial charge in [-0.1, -0.05) is 66.8 Å². The molecule has 2 aromatic carbocycles. The van der Waals surface area contributed by atoms with Crippen molar-refractivity contribution in [3.63, 3.8) is 0 Å². The molecule has 0 unspecified atom stereocenters. The van der Waals surface area contributed by atoms with E-state index in [4.69, 9.17) is 4.74 Å². The molecule has 3 aliphatic rings. The van der Waals surface area contributed by atoms with Gasteiger partial charge in [-0.25, -0.2) is 0 Å². The van der Waals surface area contributed by atoms with E-state index in [0.29, 0.717) is 16.8 Å². The Bertz CT molecular complexity index is 1300. The Morgan fingerprint density at radius 2 is 1.78 bits per heavy atom. The Kier molecular flexibility index (Phi) is 5.99. The maximum Gasteiger partial charge on any atom is 0.317 e. The summed E-state index contributed by atoms with van der Waals surface area (Å²) in [6.45, 7) is 3.69. The number of para-hydroxylation sites is 1. The summed E-state index contributed by atoms with van der Waals surface area (Å²) in [5.74, 6) is -4.75. The number of ether oxygens (including phenoxy) is 1. The number of carbonyl (C=O) groups is 4. The van der Waals surface area contributed by atoms with Crippen LogP contribution in [-0.2, 0) is 29.3 Å². The highest BCUT2D eigenvalue weighted by Gasteiger charge is 2.70. The van der Waals surface area contributed by atoms with E-state index in [1.807, 2.05) is 79.7 Å². The molecule has 0 saturated heterocycles. The van der Waals surface area contributed by atoms with Gasteiger partial charge in [0.25, 0.3) is 0 Å². The van der Waals surface area contributed by atoms with Crippen LogP contribution >= 0.6 is 0 Å². The minimum atomic E-state index is -1.33. The van der Waals surface area contributed by atoms with Crippen molar-refractivity contribution in [2.75, 3.05) is 18.6 Å². The molecule has 5 rings (SSSR count). The number of hydrogen-bond acceptors (Lipinski definition) is 5. The van der Waals surface area contributed by atoms with Gasteiger partial charge in [0.15, 0.2) is 5.78 Å². The van der Waals surface area contributed by atoms with Gasteiger partial charge in [-0.2, -0.15) is 0 Å². The minimum absolute atomic E-state index is 0.145. The van der Waals surface area contributed by atoms with Gasteiger partial charge < -0.3 is 9.64 Å². The molecule has 36 heavy (non-hydrogen) atoms. The third-order valence-corrected chi connectivity index (χ3v) is 8.11. The Labute approximate surface area is 210 Å². The van der Waals surface area contributed by atoms with Crippen LogP contribution in [0.4, 0.5) is 5.69 Å². The molecule has 0 radical (unpaired) electrons. The van der Waals surface area contributed by atoms with E-state index >= 15 is 0 Å². The van der Waals surface area contributed by atoms with E-state index in [1.54, 1.807) is 18.9 Å². The number of rotatable bonds is 5. The molecule has 2 aliphatic carbocycles. The SMILES string of the molecule is C/C=C/[C@@H]1C(C=O)=C[C@@H]2[C@@H](c3ccccc3)[C@H](C(=O)OCC)C(=O)[C@H]2[C@@]12C(=O)N(C)c1ccccc12. The van der Waals surface area contributed by atoms with E-state index in [-0.39, 0.29) is 18.3 Å². The number of Topliss-reactive ketones (excluding diaryl/α,β-unsaturated/α-hetero) is 1. The van der Waals surface area contributed by atoms with Gasteiger partial charge >= 0.3 is 5.97 Å². The molecule has 1 heterocycles. The Morgan fingerprint density at radius 3 is 2.44 bits per heavy atom. The van der Waals surface area contributed by atoms with Crippen molar-refractivity contribution in [2.24, 2.45) is 23.7 Å². The molecule has 1 aliphatic heterocycles. The number of amides is 1. The second-order valence-electron chi connectivity index (χ2n) is 9.66. The third-order valence-electron chi connectivity index (χ3n) is 8.11. The predicted octanol–water partition coefficient (Wildman–Crippen LogP) is 4.01. The van der Waals surface area contributed by atoms with E-state index in [0.717, 1.165) is 11.8 Å². The normalized spacial score (nSPS) is 30.9. The molecule has 6 heteroatoms. The fraction of sp³-hybridized carbons (Fsp3) is 0.333. The average Bonchev–Trinajstić information content (AvgIpc) is 3.31. The van der Waals surface area contributed by atoms with E-state index < -0.39 is 41.0 Å². The summed E-state index contributed by atoms with van der Waals surface area (Å²) < 4.78 is 5.39. The van der Waals surface area contributed by atoms with Crippen LogP contribution in [0.5, 0.6) is 0 Å². The fourth-order valence-corrected chi connectivity index (χ4v) is 6.87. The highest BCUT2D eigenvalue weighted by molar-refractivity contribution is 6.15. The fourth-order valence-electron chi connectivity index (χ4n) is 6.87. The summed E-state index contributed by atoms with van der Waals surface area (Å²) in [7, 11) is 1.70. The van der Waals surface area contributed by atoms with Crippen LogP contribution in [-0.4, -0.2) is 37.6 Å². The lowest BCUT2D eigenvalue weighted by atomic mass is 9.54. The molecular weight excluding hydrogens is 454 g/mol.